The summed E-state index contributed by atoms with van der Waals surface area (Å²) in [7, 11) is 0. The third-order valence-corrected chi connectivity index (χ3v) is 5.44. The quantitative estimate of drug-likeness (QED) is 0.535. The number of nitrogens with zero attached hydrogens (tertiary/aromatic N) is 3. The lowest BCUT2D eigenvalue weighted by molar-refractivity contribution is -0.151. The SMILES string of the molecule is CCOC(=O)C1CCN(C(=O)CSc2nnc(OC(C)C)s2)CC1. The van der Waals surface area contributed by atoms with Crippen molar-refractivity contribution >= 4 is 35.0 Å². The Balaban J connectivity index is 1.73. The number of ether oxygens (including phenoxy) is 2. The van der Waals surface area contributed by atoms with Crippen molar-refractivity contribution in [2.24, 2.45) is 5.92 Å². The van der Waals surface area contributed by atoms with Gasteiger partial charge in [-0.3, -0.25) is 9.59 Å². The third-order valence-electron chi connectivity index (χ3n) is 3.51. The van der Waals surface area contributed by atoms with Crippen molar-refractivity contribution in [3.8, 4) is 5.19 Å². The van der Waals surface area contributed by atoms with E-state index in [0.29, 0.717) is 43.5 Å². The molecular weight excluding hydrogens is 350 g/mol. The first kappa shape index (κ1) is 19.0. The molecule has 2 rings (SSSR count). The fourth-order valence-electron chi connectivity index (χ4n) is 2.34. The lowest BCUT2D eigenvalue weighted by Crippen LogP contribution is -2.41. The summed E-state index contributed by atoms with van der Waals surface area (Å²) in [6.45, 7) is 7.26. The van der Waals surface area contributed by atoms with Crippen LogP contribution in [-0.2, 0) is 14.3 Å². The molecule has 0 aromatic carbocycles. The molecule has 7 nitrogen and oxygen atoms in total. The molecule has 0 N–H and O–H groups in total. The van der Waals surface area contributed by atoms with Crippen LogP contribution in [0.4, 0.5) is 0 Å². The van der Waals surface area contributed by atoms with Gasteiger partial charge in [-0.2, -0.15) is 0 Å². The molecule has 0 saturated carbocycles. The van der Waals surface area contributed by atoms with Crippen LogP contribution in [0.1, 0.15) is 33.6 Å². The minimum atomic E-state index is -0.148. The molecule has 0 aliphatic carbocycles. The molecule has 0 spiro atoms. The smallest absolute Gasteiger partial charge is 0.309 e. The molecule has 1 aromatic heterocycles. The minimum Gasteiger partial charge on any atom is -0.466 e. The van der Waals surface area contributed by atoms with E-state index >= 15 is 0 Å². The van der Waals surface area contributed by atoms with Gasteiger partial charge in [0.25, 0.3) is 5.19 Å². The highest BCUT2D eigenvalue weighted by atomic mass is 32.2. The zero-order valence-corrected chi connectivity index (χ0v) is 15.8. The maximum atomic E-state index is 12.3. The van der Waals surface area contributed by atoms with E-state index in [1.54, 1.807) is 11.8 Å². The second-order valence-electron chi connectivity index (χ2n) is 5.70. The van der Waals surface area contributed by atoms with Crippen molar-refractivity contribution in [2.75, 3.05) is 25.4 Å². The summed E-state index contributed by atoms with van der Waals surface area (Å²) in [6.07, 6.45) is 1.39. The molecule has 9 heteroatoms. The van der Waals surface area contributed by atoms with Crippen LogP contribution in [0.5, 0.6) is 5.19 Å². The average molecular weight is 374 g/mol. The molecule has 1 saturated heterocycles. The summed E-state index contributed by atoms with van der Waals surface area (Å²) in [5.41, 5.74) is 0. The van der Waals surface area contributed by atoms with E-state index in [2.05, 4.69) is 10.2 Å². The molecule has 1 amide bonds. The van der Waals surface area contributed by atoms with Gasteiger partial charge >= 0.3 is 5.97 Å². The number of aromatic nitrogens is 2. The van der Waals surface area contributed by atoms with Gasteiger partial charge in [-0.15, -0.1) is 5.10 Å². The van der Waals surface area contributed by atoms with Gasteiger partial charge in [-0.25, -0.2) is 0 Å². The van der Waals surface area contributed by atoms with Crippen LogP contribution in [0.15, 0.2) is 4.34 Å². The van der Waals surface area contributed by atoms with Gasteiger partial charge < -0.3 is 14.4 Å². The van der Waals surface area contributed by atoms with E-state index in [-0.39, 0.29) is 23.9 Å². The summed E-state index contributed by atoms with van der Waals surface area (Å²) in [5.74, 6) is 0.148. The first-order valence-corrected chi connectivity index (χ1v) is 9.87. The summed E-state index contributed by atoms with van der Waals surface area (Å²) in [4.78, 5) is 25.8. The Morgan fingerprint density at radius 3 is 2.67 bits per heavy atom. The van der Waals surface area contributed by atoms with Crippen molar-refractivity contribution < 1.29 is 19.1 Å². The molecule has 0 radical (unpaired) electrons. The molecule has 0 atom stereocenters. The van der Waals surface area contributed by atoms with E-state index in [0.717, 1.165) is 4.34 Å². The van der Waals surface area contributed by atoms with Crippen molar-refractivity contribution in [1.29, 1.82) is 0 Å². The fraction of sp³-hybridized carbons (Fsp3) is 0.733. The van der Waals surface area contributed by atoms with Crippen LogP contribution in [0.25, 0.3) is 0 Å². The predicted molar refractivity (Wildman–Crippen MR) is 92.3 cm³/mol. The predicted octanol–water partition coefficient (Wildman–Crippen LogP) is 2.22. The van der Waals surface area contributed by atoms with Gasteiger partial charge in [0.15, 0.2) is 4.34 Å². The molecule has 1 aliphatic heterocycles. The summed E-state index contributed by atoms with van der Waals surface area (Å²) in [5, 5.41) is 8.48. The second kappa shape index (κ2) is 9.22. The van der Waals surface area contributed by atoms with Gasteiger partial charge in [-0.05, 0) is 44.9 Å². The average Bonchev–Trinajstić information content (AvgIpc) is 2.99. The van der Waals surface area contributed by atoms with E-state index in [4.69, 9.17) is 9.47 Å². The van der Waals surface area contributed by atoms with Crippen molar-refractivity contribution in [1.82, 2.24) is 15.1 Å². The zero-order valence-electron chi connectivity index (χ0n) is 14.2. The van der Waals surface area contributed by atoms with Crippen LogP contribution >= 0.6 is 23.1 Å². The molecular formula is C15H23N3O4S2. The van der Waals surface area contributed by atoms with Crippen LogP contribution < -0.4 is 4.74 Å². The van der Waals surface area contributed by atoms with E-state index in [9.17, 15) is 9.59 Å². The lowest BCUT2D eigenvalue weighted by atomic mass is 9.97. The van der Waals surface area contributed by atoms with Crippen LogP contribution in [0.2, 0.25) is 0 Å². The van der Waals surface area contributed by atoms with Crippen molar-refractivity contribution in [3.05, 3.63) is 0 Å². The molecule has 1 aromatic rings. The molecule has 2 heterocycles. The number of hydrogen-bond acceptors (Lipinski definition) is 8. The van der Waals surface area contributed by atoms with Crippen molar-refractivity contribution in [3.63, 3.8) is 0 Å². The highest BCUT2D eigenvalue weighted by Crippen LogP contribution is 2.28. The summed E-state index contributed by atoms with van der Waals surface area (Å²) < 4.78 is 11.2. The highest BCUT2D eigenvalue weighted by molar-refractivity contribution is 8.01. The first-order chi connectivity index (χ1) is 11.5. The standard InChI is InChI=1S/C15H23N3O4S2/c1-4-21-13(20)11-5-7-18(8-6-11)12(19)9-23-15-17-16-14(24-15)22-10(2)3/h10-11H,4-9H2,1-3H3. The Labute approximate surface area is 150 Å². The molecule has 1 fully saturated rings. The largest absolute Gasteiger partial charge is 0.466 e. The topological polar surface area (TPSA) is 81.6 Å². The van der Waals surface area contributed by atoms with Gasteiger partial charge in [-0.1, -0.05) is 16.9 Å². The Morgan fingerprint density at radius 2 is 2.04 bits per heavy atom. The van der Waals surface area contributed by atoms with Crippen LogP contribution in [0, 0.1) is 5.92 Å². The Hall–Kier alpha value is -1.35. The number of carbonyl (C=O) groups excluding carboxylic acids is 2. The first-order valence-electron chi connectivity index (χ1n) is 8.07. The number of thioether (sulfide) groups is 1. The number of esters is 1. The Bertz CT molecular complexity index is 557. The number of likely N-dealkylation sites (tertiary alicyclic amines) is 1. The minimum absolute atomic E-state index is 0.0538. The molecule has 0 unspecified atom stereocenters. The summed E-state index contributed by atoms with van der Waals surface area (Å²) in [6, 6.07) is 0. The Kier molecular flexibility index (Phi) is 7.29. The number of hydrogen-bond donors (Lipinski definition) is 0. The molecule has 1 aliphatic rings. The second-order valence-corrected chi connectivity index (χ2v) is 7.86. The zero-order chi connectivity index (χ0) is 17.5. The normalized spacial score (nSPS) is 15.6. The van der Waals surface area contributed by atoms with Gasteiger partial charge in [0, 0.05) is 13.1 Å². The lowest BCUT2D eigenvalue weighted by Gasteiger charge is -2.30. The number of amides is 1. The van der Waals surface area contributed by atoms with E-state index in [1.165, 1.54) is 23.1 Å². The van der Waals surface area contributed by atoms with Crippen LogP contribution in [0.3, 0.4) is 0 Å². The highest BCUT2D eigenvalue weighted by Gasteiger charge is 2.28. The maximum Gasteiger partial charge on any atom is 0.309 e. The van der Waals surface area contributed by atoms with Gasteiger partial charge in [0.05, 0.1) is 24.4 Å². The number of carbonyl (C=O) groups is 2. The number of rotatable bonds is 7. The van der Waals surface area contributed by atoms with E-state index in [1.807, 2.05) is 13.8 Å². The number of piperidine rings is 1. The van der Waals surface area contributed by atoms with Crippen LogP contribution in [-0.4, -0.2) is 58.5 Å². The fourth-order valence-corrected chi connectivity index (χ4v) is 4.05. The third kappa shape index (κ3) is 5.62. The Morgan fingerprint density at radius 1 is 1.33 bits per heavy atom. The van der Waals surface area contributed by atoms with Gasteiger partial charge in [0.2, 0.25) is 5.91 Å². The monoisotopic (exact) mass is 373 g/mol. The molecule has 0 bridgehead atoms. The summed E-state index contributed by atoms with van der Waals surface area (Å²) >= 11 is 2.71. The maximum absolute atomic E-state index is 12.3. The van der Waals surface area contributed by atoms with Gasteiger partial charge in [0.1, 0.15) is 0 Å². The molecule has 134 valence electrons. The van der Waals surface area contributed by atoms with Crippen molar-refractivity contribution in [2.45, 2.75) is 44.1 Å². The van der Waals surface area contributed by atoms with E-state index < -0.39 is 0 Å². The molecule has 24 heavy (non-hydrogen) atoms.